The Kier molecular flexibility index (Phi) is 3.47. The number of anilines is 1. The van der Waals surface area contributed by atoms with Gasteiger partial charge in [-0.05, 0) is 25.8 Å². The number of nitrogens with one attached hydrogen (secondary N) is 1. The highest BCUT2D eigenvalue weighted by Gasteiger charge is 2.30. The third-order valence-corrected chi connectivity index (χ3v) is 3.28. The average molecular weight is 237 g/mol. The van der Waals surface area contributed by atoms with Crippen molar-refractivity contribution in [1.29, 1.82) is 0 Å². The number of rotatable bonds is 2. The number of carbonyl (C=O) groups excluding carboxylic acids is 1. The number of aromatic nitrogens is 1. The van der Waals surface area contributed by atoms with Gasteiger partial charge in [-0.15, -0.1) is 0 Å². The minimum atomic E-state index is -0.121. The SMILES string of the molecule is CNC1CC(C)CCN(c2coc(C)n2)C1=O. The van der Waals surface area contributed by atoms with Gasteiger partial charge >= 0.3 is 0 Å². The number of oxazole rings is 1. The summed E-state index contributed by atoms with van der Waals surface area (Å²) in [5.41, 5.74) is 0. The Labute approximate surface area is 101 Å². The maximum absolute atomic E-state index is 12.3. The molecule has 0 radical (unpaired) electrons. The molecule has 0 aliphatic carbocycles. The summed E-state index contributed by atoms with van der Waals surface area (Å²) in [7, 11) is 1.83. The predicted molar refractivity (Wildman–Crippen MR) is 64.8 cm³/mol. The zero-order chi connectivity index (χ0) is 12.4. The van der Waals surface area contributed by atoms with Gasteiger partial charge in [0.2, 0.25) is 5.91 Å². The van der Waals surface area contributed by atoms with E-state index in [0.717, 1.165) is 12.8 Å². The lowest BCUT2D eigenvalue weighted by Crippen LogP contribution is -2.44. The van der Waals surface area contributed by atoms with Gasteiger partial charge in [0.15, 0.2) is 11.7 Å². The highest BCUT2D eigenvalue weighted by Crippen LogP contribution is 2.23. The molecule has 1 aliphatic heterocycles. The molecule has 1 saturated heterocycles. The monoisotopic (exact) mass is 237 g/mol. The van der Waals surface area contributed by atoms with E-state index in [1.54, 1.807) is 18.1 Å². The first-order chi connectivity index (χ1) is 8.11. The number of carbonyl (C=O) groups is 1. The Morgan fingerprint density at radius 1 is 1.59 bits per heavy atom. The maximum Gasteiger partial charge on any atom is 0.245 e. The molecular formula is C12H19N3O2. The fraction of sp³-hybridized carbons (Fsp3) is 0.667. The first-order valence-corrected chi connectivity index (χ1v) is 6.02. The molecule has 0 bridgehead atoms. The topological polar surface area (TPSA) is 58.4 Å². The molecule has 94 valence electrons. The van der Waals surface area contributed by atoms with Crippen LogP contribution in [0.3, 0.4) is 0 Å². The number of nitrogens with zero attached hydrogens (tertiary/aromatic N) is 2. The van der Waals surface area contributed by atoms with Crippen LogP contribution in [0.1, 0.15) is 25.7 Å². The first kappa shape index (κ1) is 12.1. The molecule has 2 unspecified atom stereocenters. The highest BCUT2D eigenvalue weighted by molar-refractivity contribution is 5.96. The molecule has 17 heavy (non-hydrogen) atoms. The second-order valence-electron chi connectivity index (χ2n) is 4.69. The number of hydrogen-bond donors (Lipinski definition) is 1. The van der Waals surface area contributed by atoms with Crippen molar-refractivity contribution < 1.29 is 9.21 Å². The lowest BCUT2D eigenvalue weighted by Gasteiger charge is -2.21. The van der Waals surface area contributed by atoms with Gasteiger partial charge in [0.05, 0.1) is 6.04 Å². The Hall–Kier alpha value is -1.36. The van der Waals surface area contributed by atoms with Crippen molar-refractivity contribution in [3.05, 3.63) is 12.2 Å². The summed E-state index contributed by atoms with van der Waals surface area (Å²) in [6, 6.07) is -0.121. The third-order valence-electron chi connectivity index (χ3n) is 3.28. The van der Waals surface area contributed by atoms with E-state index in [0.29, 0.717) is 24.2 Å². The van der Waals surface area contributed by atoms with Crippen molar-refractivity contribution in [3.8, 4) is 0 Å². The van der Waals surface area contributed by atoms with E-state index in [1.807, 2.05) is 7.05 Å². The Morgan fingerprint density at radius 3 is 2.94 bits per heavy atom. The Bertz CT molecular complexity index is 402. The van der Waals surface area contributed by atoms with Gasteiger partial charge in [-0.2, -0.15) is 4.98 Å². The number of aryl methyl sites for hydroxylation is 1. The average Bonchev–Trinajstić information content (AvgIpc) is 2.66. The molecule has 0 spiro atoms. The van der Waals surface area contributed by atoms with Crippen molar-refractivity contribution >= 4 is 11.7 Å². The van der Waals surface area contributed by atoms with E-state index in [9.17, 15) is 4.79 Å². The maximum atomic E-state index is 12.3. The summed E-state index contributed by atoms with van der Waals surface area (Å²) in [6.45, 7) is 4.67. The minimum absolute atomic E-state index is 0.0881. The molecule has 2 atom stereocenters. The summed E-state index contributed by atoms with van der Waals surface area (Å²) >= 11 is 0. The fourth-order valence-corrected chi connectivity index (χ4v) is 2.21. The Balaban J connectivity index is 2.23. The molecule has 1 N–H and O–H groups in total. The summed E-state index contributed by atoms with van der Waals surface area (Å²) in [5.74, 6) is 1.84. The van der Waals surface area contributed by atoms with Crippen LogP contribution in [0.5, 0.6) is 0 Å². The molecule has 5 heteroatoms. The van der Waals surface area contributed by atoms with Crippen molar-refractivity contribution in [2.75, 3.05) is 18.5 Å². The van der Waals surface area contributed by atoms with Gasteiger partial charge in [-0.1, -0.05) is 6.92 Å². The van der Waals surface area contributed by atoms with E-state index >= 15 is 0 Å². The van der Waals surface area contributed by atoms with Crippen LogP contribution in [0.4, 0.5) is 5.82 Å². The van der Waals surface area contributed by atoms with E-state index in [2.05, 4.69) is 17.2 Å². The number of amides is 1. The molecule has 0 saturated carbocycles. The van der Waals surface area contributed by atoms with Crippen LogP contribution >= 0.6 is 0 Å². The van der Waals surface area contributed by atoms with Crippen LogP contribution in [0.2, 0.25) is 0 Å². The van der Waals surface area contributed by atoms with E-state index in [4.69, 9.17) is 4.42 Å². The highest BCUT2D eigenvalue weighted by atomic mass is 16.3. The van der Waals surface area contributed by atoms with Crippen molar-refractivity contribution in [1.82, 2.24) is 10.3 Å². The fourth-order valence-electron chi connectivity index (χ4n) is 2.21. The van der Waals surface area contributed by atoms with Gasteiger partial charge in [-0.3, -0.25) is 9.69 Å². The zero-order valence-electron chi connectivity index (χ0n) is 10.6. The standard InChI is InChI=1S/C12H19N3O2/c1-8-4-5-15(11-7-17-9(2)14-11)12(16)10(6-8)13-3/h7-8,10,13H,4-6H2,1-3H3. The van der Waals surface area contributed by atoms with Crippen molar-refractivity contribution in [2.45, 2.75) is 32.7 Å². The van der Waals surface area contributed by atoms with Gasteiger partial charge < -0.3 is 9.73 Å². The molecule has 1 aliphatic rings. The van der Waals surface area contributed by atoms with E-state index in [-0.39, 0.29) is 11.9 Å². The normalized spacial score (nSPS) is 26.1. The Morgan fingerprint density at radius 2 is 2.35 bits per heavy atom. The van der Waals surface area contributed by atoms with E-state index < -0.39 is 0 Å². The van der Waals surface area contributed by atoms with E-state index in [1.165, 1.54) is 0 Å². The summed E-state index contributed by atoms with van der Waals surface area (Å²) in [4.78, 5) is 18.3. The molecule has 1 aromatic heterocycles. The first-order valence-electron chi connectivity index (χ1n) is 6.02. The predicted octanol–water partition coefficient (Wildman–Crippen LogP) is 1.33. The third kappa shape index (κ3) is 2.49. The molecule has 0 aromatic carbocycles. The van der Waals surface area contributed by atoms with Crippen LogP contribution in [-0.4, -0.2) is 30.5 Å². The van der Waals surface area contributed by atoms with Crippen molar-refractivity contribution in [3.63, 3.8) is 0 Å². The van der Waals surface area contributed by atoms with Gasteiger partial charge in [0.1, 0.15) is 6.26 Å². The van der Waals surface area contributed by atoms with Gasteiger partial charge in [0, 0.05) is 13.5 Å². The zero-order valence-corrected chi connectivity index (χ0v) is 10.6. The summed E-state index contributed by atoms with van der Waals surface area (Å²) < 4.78 is 5.18. The lowest BCUT2D eigenvalue weighted by atomic mass is 10.0. The summed E-state index contributed by atoms with van der Waals surface area (Å²) in [5, 5.41) is 3.08. The summed E-state index contributed by atoms with van der Waals surface area (Å²) in [6.07, 6.45) is 3.43. The lowest BCUT2D eigenvalue weighted by molar-refractivity contribution is -0.120. The molecule has 2 rings (SSSR count). The number of likely N-dealkylation sites (N-methyl/N-ethyl adjacent to an activating group) is 1. The molecule has 1 amide bonds. The molecule has 5 nitrogen and oxygen atoms in total. The quantitative estimate of drug-likeness (QED) is 0.843. The molecular weight excluding hydrogens is 218 g/mol. The van der Waals surface area contributed by atoms with Crippen LogP contribution in [-0.2, 0) is 4.79 Å². The van der Waals surface area contributed by atoms with Crippen LogP contribution < -0.4 is 10.2 Å². The largest absolute Gasteiger partial charge is 0.447 e. The van der Waals surface area contributed by atoms with Crippen LogP contribution in [0.25, 0.3) is 0 Å². The number of hydrogen-bond acceptors (Lipinski definition) is 4. The van der Waals surface area contributed by atoms with Crippen LogP contribution in [0.15, 0.2) is 10.7 Å². The second kappa shape index (κ2) is 4.87. The van der Waals surface area contributed by atoms with Gasteiger partial charge in [-0.25, -0.2) is 0 Å². The minimum Gasteiger partial charge on any atom is -0.447 e. The molecule has 1 fully saturated rings. The van der Waals surface area contributed by atoms with Gasteiger partial charge in [0.25, 0.3) is 0 Å². The van der Waals surface area contributed by atoms with Crippen LogP contribution in [0, 0.1) is 12.8 Å². The second-order valence-corrected chi connectivity index (χ2v) is 4.69. The molecule has 2 heterocycles. The molecule has 1 aromatic rings. The smallest absolute Gasteiger partial charge is 0.245 e. The van der Waals surface area contributed by atoms with Crippen molar-refractivity contribution in [2.24, 2.45) is 5.92 Å².